The summed E-state index contributed by atoms with van der Waals surface area (Å²) < 4.78 is 1.04. The first kappa shape index (κ1) is 13.1. The minimum atomic E-state index is 0.192. The molecule has 0 aliphatic carbocycles. The van der Waals surface area contributed by atoms with Gasteiger partial charge in [-0.25, -0.2) is 4.98 Å². The molecular formula is C12H12BrClN4. The van der Waals surface area contributed by atoms with Gasteiger partial charge in [0.15, 0.2) is 5.82 Å². The molecule has 1 aromatic carbocycles. The van der Waals surface area contributed by atoms with Gasteiger partial charge in [0.05, 0.1) is 6.20 Å². The molecule has 2 aromatic rings. The van der Waals surface area contributed by atoms with Crippen LogP contribution >= 0.6 is 27.5 Å². The highest BCUT2D eigenvalue weighted by Gasteiger charge is 2.07. The van der Waals surface area contributed by atoms with Crippen molar-refractivity contribution >= 4 is 45.0 Å². The van der Waals surface area contributed by atoms with Gasteiger partial charge in [0.2, 0.25) is 5.95 Å². The number of halogens is 2. The third-order valence-corrected chi connectivity index (χ3v) is 3.23. The topological polar surface area (TPSA) is 63.8 Å². The van der Waals surface area contributed by atoms with Gasteiger partial charge in [0.1, 0.15) is 5.02 Å². The van der Waals surface area contributed by atoms with Crippen molar-refractivity contribution in [3.8, 4) is 0 Å². The van der Waals surface area contributed by atoms with E-state index in [1.807, 2.05) is 12.1 Å². The summed E-state index contributed by atoms with van der Waals surface area (Å²) in [5, 5.41) is 3.61. The molecule has 0 amide bonds. The van der Waals surface area contributed by atoms with Crippen molar-refractivity contribution in [1.82, 2.24) is 9.97 Å². The molecule has 0 fully saturated rings. The zero-order valence-corrected chi connectivity index (χ0v) is 12.1. The molecule has 0 radical (unpaired) electrons. The summed E-state index contributed by atoms with van der Waals surface area (Å²) >= 11 is 9.47. The fourth-order valence-corrected chi connectivity index (χ4v) is 2.12. The van der Waals surface area contributed by atoms with Gasteiger partial charge in [-0.3, -0.25) is 0 Å². The van der Waals surface area contributed by atoms with E-state index in [0.717, 1.165) is 22.1 Å². The van der Waals surface area contributed by atoms with Crippen LogP contribution in [0.2, 0.25) is 5.02 Å². The van der Waals surface area contributed by atoms with E-state index in [-0.39, 0.29) is 5.95 Å². The van der Waals surface area contributed by atoms with Crippen LogP contribution in [0.1, 0.15) is 12.5 Å². The summed E-state index contributed by atoms with van der Waals surface area (Å²) in [7, 11) is 0. The van der Waals surface area contributed by atoms with Crippen molar-refractivity contribution in [3.63, 3.8) is 0 Å². The maximum Gasteiger partial charge on any atom is 0.222 e. The summed E-state index contributed by atoms with van der Waals surface area (Å²) in [6, 6.07) is 5.98. The van der Waals surface area contributed by atoms with Crippen LogP contribution in [0.4, 0.5) is 17.5 Å². The predicted octanol–water partition coefficient (Wildman–Crippen LogP) is 3.78. The van der Waals surface area contributed by atoms with Crippen molar-refractivity contribution in [2.75, 3.05) is 11.1 Å². The second-order valence-corrected chi connectivity index (χ2v) is 5.03. The summed E-state index contributed by atoms with van der Waals surface area (Å²) in [4.78, 5) is 7.90. The Balaban J connectivity index is 2.36. The molecular weight excluding hydrogens is 316 g/mol. The van der Waals surface area contributed by atoms with Crippen LogP contribution in [0.5, 0.6) is 0 Å². The normalized spacial score (nSPS) is 10.4. The van der Waals surface area contributed by atoms with Crippen LogP contribution in [0.3, 0.4) is 0 Å². The zero-order valence-electron chi connectivity index (χ0n) is 9.74. The molecule has 0 saturated carbocycles. The first-order chi connectivity index (χ1) is 8.60. The van der Waals surface area contributed by atoms with Crippen LogP contribution in [-0.2, 0) is 6.42 Å². The number of nitrogen functional groups attached to an aromatic ring is 1. The van der Waals surface area contributed by atoms with Crippen molar-refractivity contribution in [3.05, 3.63) is 39.5 Å². The molecule has 6 heteroatoms. The lowest BCUT2D eigenvalue weighted by atomic mass is 10.1. The molecule has 0 aliphatic heterocycles. The molecule has 3 N–H and O–H groups in total. The van der Waals surface area contributed by atoms with E-state index in [1.165, 1.54) is 6.20 Å². The molecule has 1 heterocycles. The van der Waals surface area contributed by atoms with Gasteiger partial charge in [-0.15, -0.1) is 0 Å². The Kier molecular flexibility index (Phi) is 4.04. The Bertz CT molecular complexity index is 574. The quantitative estimate of drug-likeness (QED) is 0.900. The maximum atomic E-state index is 6.02. The van der Waals surface area contributed by atoms with Crippen molar-refractivity contribution in [2.45, 2.75) is 13.3 Å². The molecule has 1 aromatic heterocycles. The third-order valence-electron chi connectivity index (χ3n) is 2.46. The van der Waals surface area contributed by atoms with Gasteiger partial charge in [0, 0.05) is 10.2 Å². The van der Waals surface area contributed by atoms with Crippen molar-refractivity contribution < 1.29 is 0 Å². The van der Waals surface area contributed by atoms with Crippen LogP contribution < -0.4 is 11.1 Å². The number of nitrogens with two attached hydrogens (primary N) is 1. The van der Waals surface area contributed by atoms with Crippen LogP contribution in [0.15, 0.2) is 28.9 Å². The maximum absolute atomic E-state index is 6.02. The van der Waals surface area contributed by atoms with Crippen LogP contribution in [0, 0.1) is 0 Å². The summed E-state index contributed by atoms with van der Waals surface area (Å²) in [5.41, 5.74) is 7.67. The van der Waals surface area contributed by atoms with Gasteiger partial charge >= 0.3 is 0 Å². The standard InChI is InChI=1S/C12H12BrClN4/c1-2-7-5-8(13)3-4-10(7)17-11-9(14)6-16-12(15)18-11/h3-6H,2H2,1H3,(H3,15,16,17,18). The largest absolute Gasteiger partial charge is 0.368 e. The van der Waals surface area contributed by atoms with E-state index in [9.17, 15) is 0 Å². The van der Waals surface area contributed by atoms with E-state index >= 15 is 0 Å². The fraction of sp³-hybridized carbons (Fsp3) is 0.167. The number of nitrogens with one attached hydrogen (secondary N) is 1. The zero-order chi connectivity index (χ0) is 13.1. The van der Waals surface area contributed by atoms with E-state index in [0.29, 0.717) is 10.8 Å². The van der Waals surface area contributed by atoms with Gasteiger partial charge in [-0.1, -0.05) is 34.5 Å². The van der Waals surface area contributed by atoms with E-state index in [1.54, 1.807) is 0 Å². The molecule has 4 nitrogen and oxygen atoms in total. The first-order valence-electron chi connectivity index (χ1n) is 5.43. The second-order valence-electron chi connectivity index (χ2n) is 3.70. The number of hydrogen-bond donors (Lipinski definition) is 2. The highest BCUT2D eigenvalue weighted by atomic mass is 79.9. The Labute approximate surface area is 119 Å². The summed E-state index contributed by atoms with van der Waals surface area (Å²) in [6.07, 6.45) is 2.39. The number of hydrogen-bond acceptors (Lipinski definition) is 4. The second kappa shape index (κ2) is 5.54. The minimum absolute atomic E-state index is 0.192. The molecule has 18 heavy (non-hydrogen) atoms. The Hall–Kier alpha value is -1.33. The summed E-state index contributed by atoms with van der Waals surface area (Å²) in [5.74, 6) is 0.707. The lowest BCUT2D eigenvalue weighted by Gasteiger charge is -2.12. The number of benzene rings is 1. The van der Waals surface area contributed by atoms with Gasteiger partial charge in [-0.2, -0.15) is 4.98 Å². The van der Waals surface area contributed by atoms with Gasteiger partial charge < -0.3 is 11.1 Å². The Morgan fingerprint density at radius 3 is 2.94 bits per heavy atom. The lowest BCUT2D eigenvalue weighted by Crippen LogP contribution is -2.02. The van der Waals surface area contributed by atoms with Crippen LogP contribution in [-0.4, -0.2) is 9.97 Å². The van der Waals surface area contributed by atoms with Crippen molar-refractivity contribution in [1.29, 1.82) is 0 Å². The SMILES string of the molecule is CCc1cc(Br)ccc1Nc1nc(N)ncc1Cl. The molecule has 0 spiro atoms. The van der Waals surface area contributed by atoms with E-state index in [2.05, 4.69) is 44.2 Å². The number of aryl methyl sites for hydroxylation is 1. The number of rotatable bonds is 3. The minimum Gasteiger partial charge on any atom is -0.368 e. The molecule has 2 rings (SSSR count). The monoisotopic (exact) mass is 326 g/mol. The summed E-state index contributed by atoms with van der Waals surface area (Å²) in [6.45, 7) is 2.09. The van der Waals surface area contributed by atoms with E-state index in [4.69, 9.17) is 17.3 Å². The highest BCUT2D eigenvalue weighted by molar-refractivity contribution is 9.10. The Morgan fingerprint density at radius 1 is 1.44 bits per heavy atom. The highest BCUT2D eigenvalue weighted by Crippen LogP contribution is 2.27. The average molecular weight is 328 g/mol. The predicted molar refractivity (Wildman–Crippen MR) is 78.3 cm³/mol. The molecule has 0 atom stereocenters. The Morgan fingerprint density at radius 2 is 2.22 bits per heavy atom. The van der Waals surface area contributed by atoms with Gasteiger partial charge in [0.25, 0.3) is 0 Å². The first-order valence-corrected chi connectivity index (χ1v) is 6.60. The average Bonchev–Trinajstić information content (AvgIpc) is 2.36. The lowest BCUT2D eigenvalue weighted by molar-refractivity contribution is 1.13. The number of anilines is 3. The molecule has 0 bridgehead atoms. The third kappa shape index (κ3) is 2.91. The number of nitrogens with zero attached hydrogens (tertiary/aromatic N) is 2. The molecule has 94 valence electrons. The van der Waals surface area contributed by atoms with E-state index < -0.39 is 0 Å². The van der Waals surface area contributed by atoms with Crippen molar-refractivity contribution in [2.24, 2.45) is 0 Å². The van der Waals surface area contributed by atoms with Gasteiger partial charge in [-0.05, 0) is 30.2 Å². The molecule has 0 aliphatic rings. The molecule has 0 saturated heterocycles. The van der Waals surface area contributed by atoms with Crippen LogP contribution in [0.25, 0.3) is 0 Å². The molecule has 0 unspecified atom stereocenters. The smallest absolute Gasteiger partial charge is 0.222 e. The number of aromatic nitrogens is 2. The fourth-order valence-electron chi connectivity index (χ4n) is 1.57.